The number of fused-ring (bicyclic) bond motifs is 1. The lowest BCUT2D eigenvalue weighted by Crippen LogP contribution is -2.26. The molecule has 38 heavy (non-hydrogen) atoms. The summed E-state index contributed by atoms with van der Waals surface area (Å²) < 4.78 is 32.7. The van der Waals surface area contributed by atoms with E-state index in [1.807, 2.05) is 43.3 Å². The number of anilines is 1. The SMILES string of the molecule is CC(Cn1cnc2c(N)ncnc21)OCP(=O)(OCCCNC(=O)Cc1ccccc1)Oc1ccccc1. The third kappa shape index (κ3) is 7.85. The van der Waals surface area contributed by atoms with Crippen LogP contribution in [-0.4, -0.2) is 51.0 Å². The quantitative estimate of drug-likeness (QED) is 0.181. The van der Waals surface area contributed by atoms with E-state index in [4.69, 9.17) is 19.5 Å². The number of imidazole rings is 1. The predicted octanol–water partition coefficient (Wildman–Crippen LogP) is 3.81. The maximum absolute atomic E-state index is 13.6. The summed E-state index contributed by atoms with van der Waals surface area (Å²) in [6.45, 7) is 2.74. The summed E-state index contributed by atoms with van der Waals surface area (Å²) in [5, 5.41) is 2.85. The number of para-hydroxylation sites is 1. The van der Waals surface area contributed by atoms with Gasteiger partial charge in [0.05, 0.1) is 32.0 Å². The van der Waals surface area contributed by atoms with E-state index in [1.54, 1.807) is 35.2 Å². The predicted molar refractivity (Wildman–Crippen MR) is 144 cm³/mol. The van der Waals surface area contributed by atoms with Gasteiger partial charge in [-0.25, -0.2) is 19.5 Å². The van der Waals surface area contributed by atoms with Crippen LogP contribution < -0.4 is 15.6 Å². The van der Waals surface area contributed by atoms with Crippen LogP contribution in [0.3, 0.4) is 0 Å². The zero-order chi connectivity index (χ0) is 26.8. The van der Waals surface area contributed by atoms with Crippen LogP contribution in [0, 0.1) is 0 Å². The summed E-state index contributed by atoms with van der Waals surface area (Å²) >= 11 is 0. The molecule has 4 rings (SSSR count). The van der Waals surface area contributed by atoms with Crippen LogP contribution in [0.1, 0.15) is 18.9 Å². The molecule has 2 atom stereocenters. The second-order valence-corrected chi connectivity index (χ2v) is 10.6. The van der Waals surface area contributed by atoms with E-state index < -0.39 is 7.60 Å². The number of benzene rings is 2. The number of nitrogen functional groups attached to an aromatic ring is 1. The largest absolute Gasteiger partial charge is 0.423 e. The van der Waals surface area contributed by atoms with E-state index in [2.05, 4.69) is 20.3 Å². The molecule has 4 aromatic rings. The maximum Gasteiger partial charge on any atom is 0.404 e. The van der Waals surface area contributed by atoms with Gasteiger partial charge in [0.25, 0.3) is 0 Å². The number of ether oxygens (including phenoxy) is 1. The summed E-state index contributed by atoms with van der Waals surface area (Å²) in [4.78, 5) is 24.6. The topological polar surface area (TPSA) is 143 Å². The third-order valence-corrected chi connectivity index (χ3v) is 7.06. The van der Waals surface area contributed by atoms with E-state index in [0.717, 1.165) is 5.56 Å². The van der Waals surface area contributed by atoms with Gasteiger partial charge in [0.2, 0.25) is 5.91 Å². The molecule has 0 spiro atoms. The zero-order valence-electron chi connectivity index (χ0n) is 21.1. The lowest BCUT2D eigenvalue weighted by molar-refractivity contribution is -0.120. The number of carbonyl (C=O) groups is 1. The number of amides is 1. The normalized spacial score (nSPS) is 13.6. The van der Waals surface area contributed by atoms with Crippen LogP contribution in [-0.2, 0) is 31.6 Å². The molecule has 0 aliphatic carbocycles. The summed E-state index contributed by atoms with van der Waals surface area (Å²) in [7, 11) is -3.67. The molecular weight excluding hydrogens is 507 g/mol. The monoisotopic (exact) mass is 538 g/mol. The van der Waals surface area contributed by atoms with Gasteiger partial charge in [0.1, 0.15) is 17.6 Å². The fourth-order valence-corrected chi connectivity index (χ4v) is 5.13. The lowest BCUT2D eigenvalue weighted by Gasteiger charge is -2.22. The van der Waals surface area contributed by atoms with E-state index >= 15 is 0 Å². The molecule has 11 nitrogen and oxygen atoms in total. The summed E-state index contributed by atoms with van der Waals surface area (Å²) in [5.74, 6) is 0.625. The molecule has 200 valence electrons. The van der Waals surface area contributed by atoms with E-state index in [9.17, 15) is 9.36 Å². The molecule has 12 heteroatoms. The molecule has 0 aliphatic heterocycles. The second kappa shape index (κ2) is 13.1. The number of aromatic nitrogens is 4. The molecule has 3 N–H and O–H groups in total. The molecule has 0 fully saturated rings. The van der Waals surface area contributed by atoms with Gasteiger partial charge in [-0.2, -0.15) is 0 Å². The minimum Gasteiger partial charge on any atom is -0.423 e. The Balaban J connectivity index is 1.29. The Bertz CT molecular complexity index is 1370. The van der Waals surface area contributed by atoms with Crippen LogP contribution in [0.25, 0.3) is 11.2 Å². The standard InChI is InChI=1S/C26H31N6O5P/c1-20(16-32-18-31-24-25(27)29-17-30-26(24)32)35-19-38(34,37-22-11-6-3-7-12-22)36-14-8-13-28-23(33)15-21-9-4-2-5-10-21/h2-7,9-12,17-18,20H,8,13-16,19H2,1H3,(H,28,33)(H2,27,29,30). The molecule has 0 saturated carbocycles. The first-order valence-electron chi connectivity index (χ1n) is 12.2. The Hall–Kier alpha value is -3.79. The Morgan fingerprint density at radius 3 is 2.58 bits per heavy atom. The molecule has 2 unspecified atom stereocenters. The van der Waals surface area contributed by atoms with Crippen LogP contribution in [0.2, 0.25) is 0 Å². The summed E-state index contributed by atoms with van der Waals surface area (Å²) in [6, 6.07) is 18.3. The van der Waals surface area contributed by atoms with Crippen molar-refractivity contribution in [2.24, 2.45) is 0 Å². The fourth-order valence-electron chi connectivity index (χ4n) is 3.66. The number of hydrogen-bond acceptors (Lipinski definition) is 9. The Labute approximate surface area is 220 Å². The van der Waals surface area contributed by atoms with Gasteiger partial charge >= 0.3 is 7.60 Å². The van der Waals surface area contributed by atoms with Gasteiger partial charge in [0.15, 0.2) is 17.8 Å². The highest BCUT2D eigenvalue weighted by Crippen LogP contribution is 2.48. The van der Waals surface area contributed by atoms with Crippen molar-refractivity contribution < 1.29 is 23.1 Å². The molecule has 2 heterocycles. The number of rotatable bonds is 14. The van der Waals surface area contributed by atoms with Crippen molar-refractivity contribution >= 4 is 30.5 Å². The third-order valence-electron chi connectivity index (χ3n) is 5.53. The van der Waals surface area contributed by atoms with Gasteiger partial charge in [-0.15, -0.1) is 0 Å². The average molecular weight is 539 g/mol. The van der Waals surface area contributed by atoms with Gasteiger partial charge in [-0.3, -0.25) is 9.32 Å². The Morgan fingerprint density at radius 1 is 1.08 bits per heavy atom. The van der Waals surface area contributed by atoms with Gasteiger partial charge < -0.3 is 24.9 Å². The number of nitrogens with two attached hydrogens (primary N) is 1. The van der Waals surface area contributed by atoms with Crippen LogP contribution in [0.4, 0.5) is 5.82 Å². The first-order valence-corrected chi connectivity index (χ1v) is 14.0. The smallest absolute Gasteiger partial charge is 0.404 e. The van der Waals surface area contributed by atoms with Crippen molar-refractivity contribution in [3.05, 3.63) is 78.9 Å². The highest BCUT2D eigenvalue weighted by Gasteiger charge is 2.28. The number of nitrogens with zero attached hydrogens (tertiary/aromatic N) is 4. The summed E-state index contributed by atoms with van der Waals surface area (Å²) in [5.41, 5.74) is 7.89. The average Bonchev–Trinajstić information content (AvgIpc) is 3.32. The van der Waals surface area contributed by atoms with Crippen molar-refractivity contribution in [2.75, 3.05) is 25.2 Å². The Morgan fingerprint density at radius 2 is 1.82 bits per heavy atom. The van der Waals surface area contributed by atoms with E-state index in [1.165, 1.54) is 6.33 Å². The van der Waals surface area contributed by atoms with Gasteiger partial charge in [-0.05, 0) is 31.0 Å². The molecule has 0 bridgehead atoms. The van der Waals surface area contributed by atoms with Crippen molar-refractivity contribution in [3.8, 4) is 5.75 Å². The zero-order valence-corrected chi connectivity index (χ0v) is 22.0. The first-order chi connectivity index (χ1) is 18.4. The second-order valence-electron chi connectivity index (χ2n) is 8.65. The maximum atomic E-state index is 13.6. The van der Waals surface area contributed by atoms with E-state index in [-0.39, 0.29) is 25.0 Å². The number of nitrogens with one attached hydrogen (secondary N) is 1. The molecule has 2 aromatic carbocycles. The van der Waals surface area contributed by atoms with Crippen molar-refractivity contribution in [2.45, 2.75) is 32.4 Å². The molecular formula is C26H31N6O5P. The first kappa shape index (κ1) is 27.3. The van der Waals surface area contributed by atoms with Crippen LogP contribution >= 0.6 is 7.60 Å². The summed E-state index contributed by atoms with van der Waals surface area (Å²) in [6.07, 6.45) is 3.12. The lowest BCUT2D eigenvalue weighted by atomic mass is 10.1. The van der Waals surface area contributed by atoms with Crippen molar-refractivity contribution in [1.29, 1.82) is 0 Å². The molecule has 0 aliphatic rings. The molecule has 0 radical (unpaired) electrons. The highest BCUT2D eigenvalue weighted by molar-refractivity contribution is 7.54. The fraction of sp³-hybridized carbons (Fsp3) is 0.308. The minimum atomic E-state index is -3.67. The highest BCUT2D eigenvalue weighted by atomic mass is 31.2. The Kier molecular flexibility index (Phi) is 9.42. The van der Waals surface area contributed by atoms with Crippen molar-refractivity contribution in [1.82, 2.24) is 24.8 Å². The number of carbonyl (C=O) groups excluding carboxylic acids is 1. The van der Waals surface area contributed by atoms with Crippen LogP contribution in [0.15, 0.2) is 73.3 Å². The van der Waals surface area contributed by atoms with Gasteiger partial charge in [-0.1, -0.05) is 48.5 Å². The van der Waals surface area contributed by atoms with E-state index in [0.29, 0.717) is 48.7 Å². The molecule has 2 aromatic heterocycles. The molecule has 0 saturated heterocycles. The van der Waals surface area contributed by atoms with Crippen molar-refractivity contribution in [3.63, 3.8) is 0 Å². The number of hydrogen-bond donors (Lipinski definition) is 2. The molecule has 1 amide bonds. The minimum absolute atomic E-state index is 0.0869. The van der Waals surface area contributed by atoms with Crippen LogP contribution in [0.5, 0.6) is 5.75 Å². The van der Waals surface area contributed by atoms with Gasteiger partial charge in [0, 0.05) is 6.54 Å².